The van der Waals surface area contributed by atoms with Crippen LogP contribution in [0.4, 0.5) is 18.9 Å². The number of hydrogen-bond donors (Lipinski definition) is 1. The van der Waals surface area contributed by atoms with E-state index in [1.54, 1.807) is 0 Å². The number of halogens is 7. The maximum Gasteiger partial charge on any atom is 0.573 e. The minimum absolute atomic E-state index is 0.143. The highest BCUT2D eigenvalue weighted by Crippen LogP contribution is 2.36. The van der Waals surface area contributed by atoms with Gasteiger partial charge in [0.1, 0.15) is 10.9 Å². The molecule has 0 unspecified atom stereocenters. The van der Waals surface area contributed by atoms with Gasteiger partial charge >= 0.3 is 12.3 Å². The van der Waals surface area contributed by atoms with E-state index in [-0.39, 0.29) is 25.9 Å². The van der Waals surface area contributed by atoms with Gasteiger partial charge in [-0.1, -0.05) is 46.4 Å². The maximum absolute atomic E-state index is 12.1. The second kappa shape index (κ2) is 9.04. The molecule has 0 radical (unpaired) electrons. The van der Waals surface area contributed by atoms with E-state index in [4.69, 9.17) is 51.1 Å². The fourth-order valence-electron chi connectivity index (χ4n) is 1.76. The number of nitrogens with zero attached hydrogens (tertiary/aromatic N) is 1. The summed E-state index contributed by atoms with van der Waals surface area (Å²) >= 11 is 23.1. The Hall–Kier alpha value is -1.94. The van der Waals surface area contributed by atoms with Crippen LogP contribution in [0.2, 0.25) is 20.2 Å². The zero-order valence-corrected chi connectivity index (χ0v) is 16.3. The molecule has 1 aromatic heterocycles. The third-order valence-electron chi connectivity index (χ3n) is 2.88. The van der Waals surface area contributed by atoms with E-state index in [0.717, 1.165) is 24.3 Å². The summed E-state index contributed by atoms with van der Waals surface area (Å²) in [6.07, 6.45) is -4.83. The average molecular weight is 478 g/mol. The van der Waals surface area contributed by atoms with Crippen molar-refractivity contribution in [3.05, 3.63) is 50.2 Å². The van der Waals surface area contributed by atoms with Crippen LogP contribution < -0.4 is 10.1 Å². The largest absolute Gasteiger partial charge is 0.573 e. The first kappa shape index (κ1) is 22.4. The second-order valence-corrected chi connectivity index (χ2v) is 6.38. The highest BCUT2D eigenvalue weighted by Gasteiger charge is 2.31. The number of alkyl halides is 3. The van der Waals surface area contributed by atoms with Gasteiger partial charge in [-0.25, -0.2) is 9.78 Å². The summed E-state index contributed by atoms with van der Waals surface area (Å²) in [5.74, 6) is -2.33. The Bertz CT molecular complexity index is 908. The van der Waals surface area contributed by atoms with Crippen molar-refractivity contribution in [1.82, 2.24) is 4.98 Å². The summed E-state index contributed by atoms with van der Waals surface area (Å²) in [6.45, 7) is -0.741. The molecule has 0 aliphatic carbocycles. The molecule has 0 saturated carbocycles. The standard InChI is InChI=1S/C15H7Cl4F3N2O4/c16-9-10(17)12(24-13(19)11(9)18)14(26)27-5-8(25)23-6-1-3-7(4-2-6)28-15(20,21)22/h1-4H,5H2,(H,23,25). The molecule has 1 amide bonds. The predicted molar refractivity (Wildman–Crippen MR) is 96.3 cm³/mol. The quantitative estimate of drug-likeness (QED) is 0.461. The Kier molecular flexibility index (Phi) is 7.22. The monoisotopic (exact) mass is 476 g/mol. The molecule has 2 rings (SSSR count). The van der Waals surface area contributed by atoms with Crippen LogP contribution in [-0.4, -0.2) is 29.8 Å². The lowest BCUT2D eigenvalue weighted by molar-refractivity contribution is -0.274. The predicted octanol–water partition coefficient (Wildman–Crippen LogP) is 5.39. The molecule has 1 N–H and O–H groups in total. The molecule has 0 bridgehead atoms. The second-order valence-electron chi connectivity index (χ2n) is 4.89. The molecule has 0 saturated heterocycles. The molecule has 0 fully saturated rings. The lowest BCUT2D eigenvalue weighted by Gasteiger charge is -2.10. The highest BCUT2D eigenvalue weighted by atomic mass is 35.5. The number of benzene rings is 1. The van der Waals surface area contributed by atoms with Crippen LogP contribution in [0.1, 0.15) is 10.5 Å². The Balaban J connectivity index is 1.95. The molecule has 0 aliphatic heterocycles. The Morgan fingerprint density at radius 3 is 2.18 bits per heavy atom. The molecule has 150 valence electrons. The topological polar surface area (TPSA) is 77.5 Å². The summed E-state index contributed by atoms with van der Waals surface area (Å²) in [6, 6.07) is 4.32. The SMILES string of the molecule is O=C(COC(=O)c1nc(Cl)c(Cl)c(Cl)c1Cl)Nc1ccc(OC(F)(F)F)cc1. The van der Waals surface area contributed by atoms with Gasteiger partial charge in [0.25, 0.3) is 5.91 Å². The van der Waals surface area contributed by atoms with Crippen LogP contribution in [-0.2, 0) is 9.53 Å². The molecule has 0 atom stereocenters. The maximum atomic E-state index is 12.1. The number of pyridine rings is 1. The van der Waals surface area contributed by atoms with Crippen molar-refractivity contribution < 1.29 is 32.2 Å². The summed E-state index contributed by atoms with van der Waals surface area (Å²) in [7, 11) is 0. The molecule has 0 spiro atoms. The molecule has 0 aliphatic rings. The molecule has 1 heterocycles. The first-order chi connectivity index (χ1) is 13.0. The van der Waals surface area contributed by atoms with Crippen molar-refractivity contribution in [3.8, 4) is 5.75 Å². The summed E-state index contributed by atoms with van der Waals surface area (Å²) in [5.41, 5.74) is -0.299. The number of nitrogens with one attached hydrogen (secondary N) is 1. The van der Waals surface area contributed by atoms with Crippen molar-refractivity contribution in [2.45, 2.75) is 6.36 Å². The fraction of sp³-hybridized carbons (Fsp3) is 0.133. The van der Waals surface area contributed by atoms with Gasteiger partial charge in [-0.2, -0.15) is 0 Å². The third-order valence-corrected chi connectivity index (χ3v) is 4.56. The van der Waals surface area contributed by atoms with Gasteiger partial charge < -0.3 is 14.8 Å². The van der Waals surface area contributed by atoms with Crippen molar-refractivity contribution in [1.29, 1.82) is 0 Å². The Morgan fingerprint density at radius 2 is 1.61 bits per heavy atom. The number of ether oxygens (including phenoxy) is 2. The lowest BCUT2D eigenvalue weighted by Crippen LogP contribution is -2.21. The van der Waals surface area contributed by atoms with E-state index in [1.165, 1.54) is 0 Å². The lowest BCUT2D eigenvalue weighted by atomic mass is 10.3. The van der Waals surface area contributed by atoms with E-state index in [0.29, 0.717) is 0 Å². The van der Waals surface area contributed by atoms with Crippen LogP contribution in [0.15, 0.2) is 24.3 Å². The van der Waals surface area contributed by atoms with Crippen molar-refractivity contribution in [2.24, 2.45) is 0 Å². The van der Waals surface area contributed by atoms with Crippen LogP contribution in [0.5, 0.6) is 5.75 Å². The average Bonchev–Trinajstić information content (AvgIpc) is 2.61. The van der Waals surface area contributed by atoms with E-state index >= 15 is 0 Å². The van der Waals surface area contributed by atoms with Crippen LogP contribution in [0.25, 0.3) is 0 Å². The highest BCUT2D eigenvalue weighted by molar-refractivity contribution is 6.52. The zero-order chi connectivity index (χ0) is 21.1. The Morgan fingerprint density at radius 1 is 1.00 bits per heavy atom. The van der Waals surface area contributed by atoms with E-state index in [9.17, 15) is 22.8 Å². The van der Waals surface area contributed by atoms with Crippen molar-refractivity contribution in [3.63, 3.8) is 0 Å². The summed E-state index contributed by atoms with van der Waals surface area (Å²) in [4.78, 5) is 27.4. The molecular formula is C15H7Cl4F3N2O4. The van der Waals surface area contributed by atoms with Gasteiger partial charge in [0.15, 0.2) is 12.3 Å². The first-order valence-electron chi connectivity index (χ1n) is 7.00. The molecule has 28 heavy (non-hydrogen) atoms. The number of carbonyl (C=O) groups is 2. The smallest absolute Gasteiger partial charge is 0.451 e. The van der Waals surface area contributed by atoms with Gasteiger partial charge in [-0.05, 0) is 24.3 Å². The number of amides is 1. The minimum atomic E-state index is -4.83. The van der Waals surface area contributed by atoms with E-state index in [2.05, 4.69) is 15.0 Å². The zero-order valence-electron chi connectivity index (χ0n) is 13.2. The third kappa shape index (κ3) is 6.03. The molecule has 13 heteroatoms. The number of rotatable bonds is 5. The number of esters is 1. The number of hydrogen-bond acceptors (Lipinski definition) is 5. The molecular weight excluding hydrogens is 471 g/mol. The molecule has 6 nitrogen and oxygen atoms in total. The minimum Gasteiger partial charge on any atom is -0.451 e. The summed E-state index contributed by atoms with van der Waals surface area (Å²) in [5, 5.41) is 1.36. The van der Waals surface area contributed by atoms with Crippen LogP contribution >= 0.6 is 46.4 Å². The van der Waals surface area contributed by atoms with Gasteiger partial charge in [-0.3, -0.25) is 4.79 Å². The summed E-state index contributed by atoms with van der Waals surface area (Å²) < 4.78 is 44.7. The van der Waals surface area contributed by atoms with Gasteiger partial charge in [0.2, 0.25) is 0 Å². The van der Waals surface area contributed by atoms with E-state index in [1.807, 2.05) is 0 Å². The van der Waals surface area contributed by atoms with Gasteiger partial charge in [0.05, 0.1) is 15.1 Å². The Labute approximate surface area is 175 Å². The van der Waals surface area contributed by atoms with Gasteiger partial charge in [0, 0.05) is 5.69 Å². The normalized spacial score (nSPS) is 11.1. The van der Waals surface area contributed by atoms with Crippen LogP contribution in [0.3, 0.4) is 0 Å². The fourth-order valence-corrected chi connectivity index (χ4v) is 2.56. The van der Waals surface area contributed by atoms with Crippen molar-refractivity contribution in [2.75, 3.05) is 11.9 Å². The molecule has 1 aromatic carbocycles. The van der Waals surface area contributed by atoms with Gasteiger partial charge in [-0.15, -0.1) is 13.2 Å². The van der Waals surface area contributed by atoms with E-state index < -0.39 is 36.3 Å². The van der Waals surface area contributed by atoms with Crippen LogP contribution in [0, 0.1) is 0 Å². The molecule has 2 aromatic rings. The number of anilines is 1. The van der Waals surface area contributed by atoms with Crippen molar-refractivity contribution >= 4 is 64.0 Å². The first-order valence-corrected chi connectivity index (χ1v) is 8.52. The number of carbonyl (C=O) groups excluding carboxylic acids is 2. The number of aromatic nitrogens is 1.